The number of carbonyl (C=O) groups is 2. The van der Waals surface area contributed by atoms with E-state index in [2.05, 4.69) is 9.88 Å². The summed E-state index contributed by atoms with van der Waals surface area (Å²) in [5, 5.41) is 0.730. The third kappa shape index (κ3) is 8.26. The smallest absolute Gasteiger partial charge is 0.415 e. The molecule has 3 aromatic heterocycles. The zero-order valence-corrected chi connectivity index (χ0v) is 25.3. The van der Waals surface area contributed by atoms with Crippen molar-refractivity contribution in [1.29, 1.82) is 0 Å². The highest BCUT2D eigenvalue weighted by atomic mass is 32.1. The first-order valence-electron chi connectivity index (χ1n) is 14.0. The minimum Gasteiger partial charge on any atom is -0.481 e. The monoisotopic (exact) mass is 585 g/mol. The van der Waals surface area contributed by atoms with E-state index < -0.39 is 11.7 Å². The van der Waals surface area contributed by atoms with E-state index in [1.807, 2.05) is 32.9 Å². The van der Waals surface area contributed by atoms with Crippen LogP contribution in [0.1, 0.15) is 53.4 Å². The quantitative estimate of drug-likeness (QED) is 0.212. The molecule has 0 N–H and O–H groups in total. The third-order valence-electron chi connectivity index (χ3n) is 6.30. The van der Waals surface area contributed by atoms with Gasteiger partial charge in [0.25, 0.3) is 0 Å². The second-order valence-electron chi connectivity index (χ2n) is 10.6. The first kappa shape index (κ1) is 30.4. The molecule has 0 bridgehead atoms. The van der Waals surface area contributed by atoms with Crippen molar-refractivity contribution in [2.24, 2.45) is 0 Å². The lowest BCUT2D eigenvalue weighted by molar-refractivity contribution is -0.143. The Balaban J connectivity index is 1.66. The number of thiophene rings is 1. The summed E-state index contributed by atoms with van der Waals surface area (Å²) in [7, 11) is 1.57. The number of carbonyl (C=O) groups excluding carboxylic acids is 2. The Morgan fingerprint density at radius 2 is 1.90 bits per heavy atom. The number of fused-ring (bicyclic) bond motifs is 1. The van der Waals surface area contributed by atoms with Gasteiger partial charge < -0.3 is 23.8 Å². The molecular weight excluding hydrogens is 546 g/mol. The zero-order valence-electron chi connectivity index (χ0n) is 24.5. The lowest BCUT2D eigenvalue weighted by atomic mass is 10.2. The molecule has 4 rings (SSSR count). The van der Waals surface area contributed by atoms with Gasteiger partial charge in [-0.2, -0.15) is 0 Å². The summed E-state index contributed by atoms with van der Waals surface area (Å²) in [6, 6.07) is 5.59. The molecule has 4 heterocycles. The third-order valence-corrected chi connectivity index (χ3v) is 7.45. The molecule has 1 aliphatic heterocycles. The van der Waals surface area contributed by atoms with Gasteiger partial charge >= 0.3 is 12.1 Å². The minimum atomic E-state index is -0.650. The van der Waals surface area contributed by atoms with Gasteiger partial charge in [0.05, 0.1) is 37.1 Å². The van der Waals surface area contributed by atoms with Gasteiger partial charge in [-0.05, 0) is 52.7 Å². The van der Waals surface area contributed by atoms with Gasteiger partial charge in [0, 0.05) is 43.9 Å². The van der Waals surface area contributed by atoms with Gasteiger partial charge in [-0.15, -0.1) is 11.3 Å². The van der Waals surface area contributed by atoms with Crippen LogP contribution in [0.15, 0.2) is 24.4 Å². The van der Waals surface area contributed by atoms with Crippen molar-refractivity contribution in [2.45, 2.75) is 59.0 Å². The molecule has 41 heavy (non-hydrogen) atoms. The fourth-order valence-electron chi connectivity index (χ4n) is 4.34. The van der Waals surface area contributed by atoms with E-state index in [-0.39, 0.29) is 5.97 Å². The number of anilines is 2. The number of esters is 1. The number of pyridine rings is 1. The Hall–Kier alpha value is -3.51. The van der Waals surface area contributed by atoms with Crippen molar-refractivity contribution >= 4 is 44.4 Å². The second kappa shape index (κ2) is 13.9. The van der Waals surface area contributed by atoms with Gasteiger partial charge in [0.15, 0.2) is 11.6 Å². The van der Waals surface area contributed by atoms with Crippen molar-refractivity contribution in [3.8, 4) is 17.3 Å². The highest BCUT2D eigenvalue weighted by Crippen LogP contribution is 2.39. The van der Waals surface area contributed by atoms with E-state index in [1.54, 1.807) is 31.2 Å². The lowest BCUT2D eigenvalue weighted by Crippen LogP contribution is -2.37. The van der Waals surface area contributed by atoms with E-state index in [9.17, 15) is 9.59 Å². The molecular formula is C29H39N5O6S. The van der Waals surface area contributed by atoms with Crippen LogP contribution in [-0.2, 0) is 19.0 Å². The average Bonchev–Trinajstić information content (AvgIpc) is 3.38. The zero-order chi connectivity index (χ0) is 29.4. The SMILES string of the molecule is CCOC(=O)CCCCCN(C(=O)OC(C)(C)C)c1cc2nc(-c3ccc(OC)nc3)nc(N3CCOCC3)c2s1. The van der Waals surface area contributed by atoms with E-state index in [0.717, 1.165) is 33.0 Å². The van der Waals surface area contributed by atoms with Crippen molar-refractivity contribution < 1.29 is 28.5 Å². The summed E-state index contributed by atoms with van der Waals surface area (Å²) in [5.41, 5.74) is 0.854. The number of amides is 1. The molecule has 0 atom stereocenters. The number of unbranched alkanes of at least 4 members (excludes halogenated alkanes) is 2. The maximum atomic E-state index is 13.4. The standard InChI is InChI=1S/C29H39N5O6S/c1-6-39-24(35)10-8-7-9-13-34(28(36)40-29(2,3)4)23-18-21-25(41-23)27(33-14-16-38-17-15-33)32-26(31-21)20-11-12-22(37-5)30-19-20/h11-12,18-19H,6-10,13-17H2,1-5H3. The predicted molar refractivity (Wildman–Crippen MR) is 159 cm³/mol. The van der Waals surface area contributed by atoms with E-state index >= 15 is 0 Å². The summed E-state index contributed by atoms with van der Waals surface area (Å²) >= 11 is 1.47. The van der Waals surface area contributed by atoms with Gasteiger partial charge in [0.2, 0.25) is 5.88 Å². The van der Waals surface area contributed by atoms with Gasteiger partial charge in [0.1, 0.15) is 10.6 Å². The molecule has 1 aliphatic rings. The molecule has 11 nitrogen and oxygen atoms in total. The molecule has 1 saturated heterocycles. The Morgan fingerprint density at radius 1 is 1.12 bits per heavy atom. The van der Waals surface area contributed by atoms with Crippen LogP contribution >= 0.6 is 11.3 Å². The molecule has 1 amide bonds. The molecule has 3 aromatic rings. The minimum absolute atomic E-state index is 0.196. The molecule has 0 aromatic carbocycles. The largest absolute Gasteiger partial charge is 0.481 e. The van der Waals surface area contributed by atoms with Crippen LogP contribution in [0.25, 0.3) is 21.6 Å². The van der Waals surface area contributed by atoms with Crippen LogP contribution < -0.4 is 14.5 Å². The summed E-state index contributed by atoms with van der Waals surface area (Å²) in [5.74, 6) is 1.66. The van der Waals surface area contributed by atoms with Gasteiger partial charge in [-0.1, -0.05) is 6.42 Å². The first-order valence-corrected chi connectivity index (χ1v) is 14.8. The predicted octanol–water partition coefficient (Wildman–Crippen LogP) is 5.46. The number of ether oxygens (including phenoxy) is 4. The van der Waals surface area contributed by atoms with Crippen LogP contribution in [-0.4, -0.2) is 79.2 Å². The molecule has 1 fully saturated rings. The number of rotatable bonds is 11. The van der Waals surface area contributed by atoms with Crippen LogP contribution in [0.2, 0.25) is 0 Å². The molecule has 0 unspecified atom stereocenters. The Morgan fingerprint density at radius 3 is 2.56 bits per heavy atom. The highest BCUT2D eigenvalue weighted by Gasteiger charge is 2.27. The van der Waals surface area contributed by atoms with E-state index in [0.29, 0.717) is 70.4 Å². The summed E-state index contributed by atoms with van der Waals surface area (Å²) in [6.45, 7) is 10.8. The van der Waals surface area contributed by atoms with E-state index in [4.69, 9.17) is 28.9 Å². The van der Waals surface area contributed by atoms with Crippen molar-refractivity contribution in [3.05, 3.63) is 24.4 Å². The van der Waals surface area contributed by atoms with Crippen LogP contribution in [0.5, 0.6) is 5.88 Å². The Kier molecular flexibility index (Phi) is 10.3. The van der Waals surface area contributed by atoms with E-state index in [1.165, 1.54) is 11.3 Å². The number of hydrogen-bond acceptors (Lipinski definition) is 11. The molecule has 0 aliphatic carbocycles. The fraction of sp³-hybridized carbons (Fsp3) is 0.552. The van der Waals surface area contributed by atoms with Crippen molar-refractivity contribution in [3.63, 3.8) is 0 Å². The summed E-state index contributed by atoms with van der Waals surface area (Å²) in [4.78, 5) is 43.1. The van der Waals surface area contributed by atoms with Crippen molar-refractivity contribution in [2.75, 3.05) is 56.4 Å². The Labute approximate surface area is 244 Å². The number of morpholine rings is 1. The molecule has 0 saturated carbocycles. The molecule has 12 heteroatoms. The highest BCUT2D eigenvalue weighted by molar-refractivity contribution is 7.23. The van der Waals surface area contributed by atoms with Crippen molar-refractivity contribution in [1.82, 2.24) is 15.0 Å². The number of methoxy groups -OCH3 is 1. The maximum absolute atomic E-state index is 13.4. The number of nitrogens with zero attached hydrogens (tertiary/aromatic N) is 5. The fourth-order valence-corrected chi connectivity index (χ4v) is 5.48. The van der Waals surface area contributed by atoms with Crippen LogP contribution in [0.3, 0.4) is 0 Å². The van der Waals surface area contributed by atoms with Gasteiger partial charge in [-0.3, -0.25) is 9.69 Å². The second-order valence-corrected chi connectivity index (χ2v) is 11.6. The summed E-state index contributed by atoms with van der Waals surface area (Å²) in [6.07, 6.45) is 3.81. The summed E-state index contributed by atoms with van der Waals surface area (Å²) < 4.78 is 22.5. The lowest BCUT2D eigenvalue weighted by Gasteiger charge is -2.28. The van der Waals surface area contributed by atoms with Crippen LogP contribution in [0, 0.1) is 0 Å². The number of hydrogen-bond donors (Lipinski definition) is 0. The Bertz CT molecular complexity index is 1320. The molecule has 0 spiro atoms. The topological polar surface area (TPSA) is 116 Å². The van der Waals surface area contributed by atoms with Gasteiger partial charge in [-0.25, -0.2) is 19.7 Å². The van der Waals surface area contributed by atoms with Crippen LogP contribution in [0.4, 0.5) is 15.6 Å². The molecule has 222 valence electrons. The average molecular weight is 586 g/mol. The maximum Gasteiger partial charge on any atom is 0.415 e. The normalized spacial score (nSPS) is 13.7. The number of aromatic nitrogens is 3. The first-order chi connectivity index (χ1) is 19.7. The molecule has 0 radical (unpaired) electrons.